The highest BCUT2D eigenvalue weighted by molar-refractivity contribution is 5.73. The topological polar surface area (TPSA) is 53.4 Å². The average Bonchev–Trinajstić information content (AvgIpc) is 3.06. The third-order valence-electron chi connectivity index (χ3n) is 5.63. The van der Waals surface area contributed by atoms with Crippen molar-refractivity contribution in [2.24, 2.45) is 0 Å². The minimum absolute atomic E-state index is 0.0873. The molecular formula is C17H29N5O. The number of piperidine rings is 1. The summed E-state index contributed by atoms with van der Waals surface area (Å²) in [6, 6.07) is 0.308. The maximum absolute atomic E-state index is 11.3. The molecule has 0 aromatic carbocycles. The van der Waals surface area contributed by atoms with Crippen molar-refractivity contribution in [1.29, 1.82) is 0 Å². The number of aryl methyl sites for hydroxylation is 1. The summed E-state index contributed by atoms with van der Waals surface area (Å²) in [5.74, 6) is 1.25. The summed E-state index contributed by atoms with van der Waals surface area (Å²) in [6.45, 7) is 8.88. The smallest absolute Gasteiger partial charge is 0.217 e. The van der Waals surface area contributed by atoms with Crippen LogP contribution in [0.4, 0.5) is 0 Å². The van der Waals surface area contributed by atoms with Crippen molar-refractivity contribution in [3.63, 3.8) is 0 Å². The highest BCUT2D eigenvalue weighted by Gasteiger charge is 2.45. The Bertz CT molecular complexity index is 547. The van der Waals surface area contributed by atoms with Crippen LogP contribution in [0.1, 0.15) is 38.9 Å². The van der Waals surface area contributed by atoms with Crippen LogP contribution in [-0.4, -0.2) is 63.5 Å². The van der Waals surface area contributed by atoms with Gasteiger partial charge in [0.15, 0.2) is 0 Å². The van der Waals surface area contributed by atoms with Crippen LogP contribution in [0, 0.1) is 0 Å². The molecule has 1 aromatic rings. The van der Waals surface area contributed by atoms with Gasteiger partial charge in [-0.15, -0.1) is 0 Å². The van der Waals surface area contributed by atoms with Crippen LogP contribution in [0.25, 0.3) is 0 Å². The van der Waals surface area contributed by atoms with E-state index in [-0.39, 0.29) is 11.4 Å². The summed E-state index contributed by atoms with van der Waals surface area (Å²) in [5.41, 5.74) is 0.268. The zero-order valence-corrected chi connectivity index (χ0v) is 14.6. The minimum Gasteiger partial charge on any atom is -0.352 e. The molecule has 1 unspecified atom stereocenters. The largest absolute Gasteiger partial charge is 0.352 e. The van der Waals surface area contributed by atoms with E-state index < -0.39 is 0 Å². The minimum atomic E-state index is 0.0873. The zero-order valence-electron chi connectivity index (χ0n) is 14.6. The molecule has 1 amide bonds. The molecule has 6 nitrogen and oxygen atoms in total. The molecule has 128 valence electrons. The van der Waals surface area contributed by atoms with Gasteiger partial charge in [0.1, 0.15) is 5.82 Å². The number of imidazole rings is 1. The van der Waals surface area contributed by atoms with Crippen LogP contribution in [0.2, 0.25) is 0 Å². The summed E-state index contributed by atoms with van der Waals surface area (Å²) in [5, 5.41) is 3.10. The molecule has 1 N–H and O–H groups in total. The van der Waals surface area contributed by atoms with Crippen molar-refractivity contribution in [3.05, 3.63) is 18.2 Å². The second kappa shape index (κ2) is 6.61. The lowest BCUT2D eigenvalue weighted by molar-refractivity contribution is -0.119. The maximum atomic E-state index is 11.3. The Balaban J connectivity index is 1.56. The molecule has 2 fully saturated rings. The highest BCUT2D eigenvalue weighted by atomic mass is 16.1. The Morgan fingerprint density at radius 1 is 1.43 bits per heavy atom. The zero-order chi connectivity index (χ0) is 16.4. The molecule has 1 atom stereocenters. The van der Waals surface area contributed by atoms with Crippen LogP contribution in [0.3, 0.4) is 0 Å². The van der Waals surface area contributed by atoms with E-state index in [2.05, 4.69) is 44.8 Å². The van der Waals surface area contributed by atoms with Crippen molar-refractivity contribution in [3.8, 4) is 0 Å². The molecule has 3 rings (SSSR count). The monoisotopic (exact) mass is 319 g/mol. The van der Waals surface area contributed by atoms with Crippen molar-refractivity contribution < 1.29 is 4.79 Å². The van der Waals surface area contributed by atoms with Gasteiger partial charge in [0.05, 0.1) is 6.54 Å². The quantitative estimate of drug-likeness (QED) is 0.902. The number of carbonyl (C=O) groups is 1. The summed E-state index contributed by atoms with van der Waals surface area (Å²) >= 11 is 0. The number of hydrogen-bond donors (Lipinski definition) is 1. The van der Waals surface area contributed by atoms with E-state index in [1.54, 1.807) is 6.92 Å². The first-order valence-electron chi connectivity index (χ1n) is 8.73. The summed E-state index contributed by atoms with van der Waals surface area (Å²) in [4.78, 5) is 20.8. The standard InChI is InChI=1S/C17H29N5O/c1-4-22-10-7-18-16(22)13-21-8-5-17(6-9-21)11-15(12-20(17)3)19-14(2)23/h7,10,15H,4-6,8-9,11-13H2,1-3H3,(H,19,23). The predicted octanol–water partition coefficient (Wildman–Crippen LogP) is 1.08. The molecule has 2 aliphatic rings. The molecule has 1 aromatic heterocycles. The van der Waals surface area contributed by atoms with Gasteiger partial charge in [-0.25, -0.2) is 4.98 Å². The molecule has 3 heterocycles. The Kier molecular flexibility index (Phi) is 4.73. The van der Waals surface area contributed by atoms with Crippen molar-refractivity contribution in [2.75, 3.05) is 26.7 Å². The fourth-order valence-electron chi connectivity index (χ4n) is 4.28. The SMILES string of the molecule is CCn1ccnc1CN1CCC2(CC1)CC(NC(C)=O)CN2C. The van der Waals surface area contributed by atoms with E-state index >= 15 is 0 Å². The Labute approximate surface area is 138 Å². The number of likely N-dealkylation sites (N-methyl/N-ethyl adjacent to an activating group) is 1. The van der Waals surface area contributed by atoms with Gasteiger partial charge in [-0.2, -0.15) is 0 Å². The lowest BCUT2D eigenvalue weighted by Gasteiger charge is -2.43. The molecule has 1 spiro atoms. The first-order valence-corrected chi connectivity index (χ1v) is 8.73. The molecule has 2 saturated heterocycles. The maximum Gasteiger partial charge on any atom is 0.217 e. The van der Waals surface area contributed by atoms with E-state index in [0.717, 1.165) is 39.1 Å². The molecule has 0 bridgehead atoms. The van der Waals surface area contributed by atoms with Crippen molar-refractivity contribution >= 4 is 5.91 Å². The van der Waals surface area contributed by atoms with Crippen LogP contribution in [-0.2, 0) is 17.9 Å². The van der Waals surface area contributed by atoms with Gasteiger partial charge < -0.3 is 9.88 Å². The molecule has 6 heteroatoms. The first kappa shape index (κ1) is 16.5. The second-order valence-electron chi connectivity index (χ2n) is 7.11. The third-order valence-corrected chi connectivity index (χ3v) is 5.63. The number of carbonyl (C=O) groups excluding carboxylic acids is 1. The fraction of sp³-hybridized carbons (Fsp3) is 0.765. The summed E-state index contributed by atoms with van der Waals surface area (Å²) < 4.78 is 2.22. The lowest BCUT2D eigenvalue weighted by Crippen LogP contribution is -2.50. The van der Waals surface area contributed by atoms with E-state index in [9.17, 15) is 4.79 Å². The first-order chi connectivity index (χ1) is 11.0. The normalized spacial score (nSPS) is 25.1. The van der Waals surface area contributed by atoms with Crippen LogP contribution >= 0.6 is 0 Å². The highest BCUT2D eigenvalue weighted by Crippen LogP contribution is 2.37. The van der Waals surface area contributed by atoms with Gasteiger partial charge in [-0.05, 0) is 33.2 Å². The number of rotatable bonds is 4. The number of likely N-dealkylation sites (tertiary alicyclic amines) is 2. The van der Waals surface area contributed by atoms with E-state index in [4.69, 9.17) is 0 Å². The van der Waals surface area contributed by atoms with Gasteiger partial charge in [-0.3, -0.25) is 14.6 Å². The number of nitrogens with zero attached hydrogens (tertiary/aromatic N) is 4. The van der Waals surface area contributed by atoms with E-state index in [1.165, 1.54) is 18.7 Å². The van der Waals surface area contributed by atoms with E-state index in [1.807, 2.05) is 6.20 Å². The Morgan fingerprint density at radius 2 is 2.17 bits per heavy atom. The number of amides is 1. The Hall–Kier alpha value is -1.40. The second-order valence-corrected chi connectivity index (χ2v) is 7.11. The Morgan fingerprint density at radius 3 is 2.83 bits per heavy atom. The van der Waals surface area contributed by atoms with Gasteiger partial charge in [0.25, 0.3) is 0 Å². The van der Waals surface area contributed by atoms with Gasteiger partial charge in [0, 0.05) is 57.1 Å². The number of nitrogens with one attached hydrogen (secondary N) is 1. The van der Waals surface area contributed by atoms with Crippen LogP contribution in [0.15, 0.2) is 12.4 Å². The van der Waals surface area contributed by atoms with Crippen molar-refractivity contribution in [1.82, 2.24) is 24.7 Å². The number of hydrogen-bond acceptors (Lipinski definition) is 4. The predicted molar refractivity (Wildman–Crippen MR) is 90.0 cm³/mol. The molecule has 23 heavy (non-hydrogen) atoms. The molecule has 2 aliphatic heterocycles. The van der Waals surface area contributed by atoms with Crippen molar-refractivity contribution in [2.45, 2.75) is 57.8 Å². The summed E-state index contributed by atoms with van der Waals surface area (Å²) in [6.07, 6.45) is 7.38. The summed E-state index contributed by atoms with van der Waals surface area (Å²) in [7, 11) is 2.21. The van der Waals surface area contributed by atoms with Crippen LogP contribution in [0.5, 0.6) is 0 Å². The molecule has 0 aliphatic carbocycles. The van der Waals surface area contributed by atoms with Gasteiger partial charge in [-0.1, -0.05) is 0 Å². The van der Waals surface area contributed by atoms with Gasteiger partial charge >= 0.3 is 0 Å². The van der Waals surface area contributed by atoms with Crippen LogP contribution < -0.4 is 5.32 Å². The third kappa shape index (κ3) is 3.43. The fourth-order valence-corrected chi connectivity index (χ4v) is 4.28. The molecule has 0 radical (unpaired) electrons. The number of aromatic nitrogens is 2. The van der Waals surface area contributed by atoms with E-state index in [0.29, 0.717) is 6.04 Å². The lowest BCUT2D eigenvalue weighted by atomic mass is 9.84. The van der Waals surface area contributed by atoms with Gasteiger partial charge in [0.2, 0.25) is 5.91 Å². The molecular weight excluding hydrogens is 290 g/mol. The molecule has 0 saturated carbocycles. The average molecular weight is 319 g/mol.